The number of thiocarbonyl (C=S) groups is 1. The predicted octanol–water partition coefficient (Wildman–Crippen LogP) is 3.82. The molecule has 2 fully saturated rings. The molecule has 0 spiro atoms. The Kier molecular flexibility index (Phi) is 3.68. The highest BCUT2D eigenvalue weighted by atomic mass is 35.5. The van der Waals surface area contributed by atoms with Crippen LogP contribution in [0.25, 0.3) is 0 Å². The lowest BCUT2D eigenvalue weighted by Gasteiger charge is -2.23. The van der Waals surface area contributed by atoms with Crippen molar-refractivity contribution in [2.75, 3.05) is 11.9 Å². The van der Waals surface area contributed by atoms with Crippen molar-refractivity contribution in [2.45, 2.75) is 25.7 Å². The molecule has 4 heteroatoms. The highest BCUT2D eigenvalue weighted by Gasteiger charge is 2.39. The van der Waals surface area contributed by atoms with E-state index in [0.717, 1.165) is 35.5 Å². The Morgan fingerprint density at radius 2 is 2.21 bits per heavy atom. The molecule has 1 aromatic rings. The molecule has 2 aliphatic carbocycles. The second-order valence-corrected chi connectivity index (χ2v) is 6.69. The Morgan fingerprint density at radius 3 is 2.84 bits per heavy atom. The highest BCUT2D eigenvalue weighted by Crippen LogP contribution is 2.48. The molecule has 2 aliphatic rings. The highest BCUT2D eigenvalue weighted by molar-refractivity contribution is 7.80. The first kappa shape index (κ1) is 13.2. The lowest BCUT2D eigenvalue weighted by molar-refractivity contribution is 0.348. The third kappa shape index (κ3) is 2.59. The zero-order valence-electron chi connectivity index (χ0n) is 10.9. The van der Waals surface area contributed by atoms with Gasteiger partial charge in [-0.05, 0) is 49.1 Å². The first-order valence-corrected chi connectivity index (χ1v) is 7.76. The minimum absolute atomic E-state index is 0.362. The number of anilines is 1. The third-order valence-corrected chi connectivity index (χ3v) is 5.22. The van der Waals surface area contributed by atoms with E-state index >= 15 is 0 Å². The molecule has 0 radical (unpaired) electrons. The van der Waals surface area contributed by atoms with E-state index < -0.39 is 0 Å². The molecular formula is C15H19ClN2S. The van der Waals surface area contributed by atoms with Crippen LogP contribution in [-0.2, 0) is 0 Å². The Balaban J connectivity index is 1.70. The van der Waals surface area contributed by atoms with Gasteiger partial charge in [0.05, 0.1) is 10.6 Å². The van der Waals surface area contributed by atoms with E-state index in [2.05, 4.69) is 5.32 Å². The molecular weight excluding hydrogens is 276 g/mol. The fraction of sp³-hybridized carbons (Fsp3) is 0.533. The number of rotatable bonds is 4. The smallest absolute Gasteiger partial charge is 0.107 e. The van der Waals surface area contributed by atoms with Gasteiger partial charge in [0, 0.05) is 12.2 Å². The van der Waals surface area contributed by atoms with Crippen LogP contribution in [0.2, 0.25) is 5.02 Å². The fourth-order valence-electron chi connectivity index (χ4n) is 3.79. The molecule has 1 aromatic carbocycles. The van der Waals surface area contributed by atoms with Crippen LogP contribution in [0.1, 0.15) is 31.2 Å². The Labute approximate surface area is 124 Å². The van der Waals surface area contributed by atoms with E-state index in [0.29, 0.717) is 10.0 Å². The average molecular weight is 295 g/mol. The number of hydrogen-bond acceptors (Lipinski definition) is 2. The third-order valence-electron chi connectivity index (χ3n) is 4.70. The molecule has 3 atom stereocenters. The van der Waals surface area contributed by atoms with Crippen LogP contribution in [-0.4, -0.2) is 11.5 Å². The SMILES string of the molecule is NC(=S)c1c(Cl)cccc1NCC1CC2CCC1C2. The zero-order valence-corrected chi connectivity index (χ0v) is 12.4. The minimum atomic E-state index is 0.362. The van der Waals surface area contributed by atoms with Gasteiger partial charge < -0.3 is 11.1 Å². The first-order chi connectivity index (χ1) is 9.15. The number of nitrogens with one attached hydrogen (secondary N) is 1. The number of halogens is 1. The lowest BCUT2D eigenvalue weighted by atomic mass is 9.89. The molecule has 3 unspecified atom stereocenters. The predicted molar refractivity (Wildman–Crippen MR) is 84.8 cm³/mol. The number of nitrogens with two attached hydrogens (primary N) is 1. The molecule has 0 aliphatic heterocycles. The maximum atomic E-state index is 6.18. The molecule has 2 bridgehead atoms. The summed E-state index contributed by atoms with van der Waals surface area (Å²) in [5.41, 5.74) is 7.52. The van der Waals surface area contributed by atoms with Crippen molar-refractivity contribution in [3.8, 4) is 0 Å². The van der Waals surface area contributed by atoms with Gasteiger partial charge in [-0.1, -0.05) is 36.3 Å². The van der Waals surface area contributed by atoms with E-state index in [1.807, 2.05) is 18.2 Å². The average Bonchev–Trinajstić information content (AvgIpc) is 2.97. The Bertz CT molecular complexity index is 503. The summed E-state index contributed by atoms with van der Waals surface area (Å²) in [6.07, 6.45) is 5.66. The second-order valence-electron chi connectivity index (χ2n) is 5.84. The van der Waals surface area contributed by atoms with Gasteiger partial charge in [-0.2, -0.15) is 0 Å². The zero-order chi connectivity index (χ0) is 13.4. The first-order valence-electron chi connectivity index (χ1n) is 6.97. The molecule has 3 rings (SSSR count). The van der Waals surface area contributed by atoms with Crippen LogP contribution in [0.4, 0.5) is 5.69 Å². The maximum Gasteiger partial charge on any atom is 0.107 e. The van der Waals surface area contributed by atoms with Crippen molar-refractivity contribution in [3.05, 3.63) is 28.8 Å². The van der Waals surface area contributed by atoms with Crippen molar-refractivity contribution in [3.63, 3.8) is 0 Å². The van der Waals surface area contributed by atoms with Crippen LogP contribution in [0.3, 0.4) is 0 Å². The number of fused-ring (bicyclic) bond motifs is 2. The summed E-state index contributed by atoms with van der Waals surface area (Å²) in [6, 6.07) is 5.78. The summed E-state index contributed by atoms with van der Waals surface area (Å²) in [5.74, 6) is 2.70. The van der Waals surface area contributed by atoms with E-state index in [1.54, 1.807) is 0 Å². The summed E-state index contributed by atoms with van der Waals surface area (Å²) in [5, 5.41) is 4.14. The molecule has 2 saturated carbocycles. The molecule has 0 amide bonds. The number of benzene rings is 1. The minimum Gasteiger partial charge on any atom is -0.389 e. The van der Waals surface area contributed by atoms with Crippen LogP contribution in [0.15, 0.2) is 18.2 Å². The largest absolute Gasteiger partial charge is 0.389 e. The summed E-state index contributed by atoms with van der Waals surface area (Å²) in [7, 11) is 0. The van der Waals surface area contributed by atoms with Gasteiger partial charge in [-0.15, -0.1) is 0 Å². The maximum absolute atomic E-state index is 6.18. The molecule has 2 nitrogen and oxygen atoms in total. The van der Waals surface area contributed by atoms with Crippen LogP contribution < -0.4 is 11.1 Å². The standard InChI is InChI=1S/C15H19ClN2S/c16-12-2-1-3-13(14(12)15(17)19)18-8-11-7-9-4-5-10(11)6-9/h1-3,9-11,18H,4-8H2,(H2,17,19). The lowest BCUT2D eigenvalue weighted by Crippen LogP contribution is -2.22. The molecule has 0 aromatic heterocycles. The van der Waals surface area contributed by atoms with Crippen molar-refractivity contribution in [1.29, 1.82) is 0 Å². The molecule has 102 valence electrons. The van der Waals surface area contributed by atoms with Crippen LogP contribution in [0.5, 0.6) is 0 Å². The Morgan fingerprint density at radius 1 is 1.37 bits per heavy atom. The Hall–Kier alpha value is -0.800. The fourth-order valence-corrected chi connectivity index (χ4v) is 4.34. The van der Waals surface area contributed by atoms with Gasteiger partial charge in [-0.3, -0.25) is 0 Å². The van der Waals surface area contributed by atoms with E-state index in [9.17, 15) is 0 Å². The quantitative estimate of drug-likeness (QED) is 0.829. The topological polar surface area (TPSA) is 38.0 Å². The van der Waals surface area contributed by atoms with Crippen molar-refractivity contribution in [2.24, 2.45) is 23.5 Å². The molecule has 0 saturated heterocycles. The molecule has 19 heavy (non-hydrogen) atoms. The summed E-state index contributed by atoms with van der Waals surface area (Å²) >= 11 is 11.3. The van der Waals surface area contributed by atoms with E-state index in [4.69, 9.17) is 29.6 Å². The van der Waals surface area contributed by atoms with Gasteiger partial charge in [0.1, 0.15) is 4.99 Å². The number of hydrogen-bond donors (Lipinski definition) is 2. The summed E-state index contributed by atoms with van der Waals surface area (Å²) < 4.78 is 0. The second kappa shape index (κ2) is 5.29. The van der Waals surface area contributed by atoms with Crippen LogP contribution in [0, 0.1) is 17.8 Å². The molecule has 3 N–H and O–H groups in total. The van der Waals surface area contributed by atoms with Crippen molar-refractivity contribution < 1.29 is 0 Å². The van der Waals surface area contributed by atoms with E-state index in [-0.39, 0.29) is 0 Å². The van der Waals surface area contributed by atoms with Gasteiger partial charge in [0.2, 0.25) is 0 Å². The summed E-state index contributed by atoms with van der Waals surface area (Å²) in [6.45, 7) is 1.01. The van der Waals surface area contributed by atoms with Crippen molar-refractivity contribution in [1.82, 2.24) is 0 Å². The van der Waals surface area contributed by atoms with Gasteiger partial charge >= 0.3 is 0 Å². The van der Waals surface area contributed by atoms with Crippen molar-refractivity contribution >= 4 is 34.5 Å². The van der Waals surface area contributed by atoms with Gasteiger partial charge in [0.15, 0.2) is 0 Å². The van der Waals surface area contributed by atoms with Gasteiger partial charge in [0.25, 0.3) is 0 Å². The monoisotopic (exact) mass is 294 g/mol. The van der Waals surface area contributed by atoms with Crippen LogP contribution >= 0.6 is 23.8 Å². The normalized spacial score (nSPS) is 28.6. The van der Waals surface area contributed by atoms with Gasteiger partial charge in [-0.25, -0.2) is 0 Å². The van der Waals surface area contributed by atoms with E-state index in [1.165, 1.54) is 25.7 Å². The molecule has 0 heterocycles. The summed E-state index contributed by atoms with van der Waals surface area (Å²) in [4.78, 5) is 0.362.